The predicted octanol–water partition coefficient (Wildman–Crippen LogP) is 3.22. The molecule has 3 heteroatoms. The van der Waals surface area contributed by atoms with Crippen LogP contribution in [0.2, 0.25) is 0 Å². The minimum Gasteiger partial charge on any atom is -0.489 e. The van der Waals surface area contributed by atoms with Crippen LogP contribution in [0.5, 0.6) is 5.75 Å². The molecule has 2 N–H and O–H groups in total. The molecule has 78 valence electrons. The van der Waals surface area contributed by atoms with Crippen LogP contribution < -0.4 is 10.5 Å². The highest BCUT2D eigenvalue weighted by Crippen LogP contribution is 2.21. The number of anilines is 1. The Bertz CT molecular complexity index is 437. The van der Waals surface area contributed by atoms with Gasteiger partial charge < -0.3 is 10.5 Å². The lowest BCUT2D eigenvalue weighted by Gasteiger charge is -2.08. The number of nitrogens with two attached hydrogens (primary N) is 1. The zero-order valence-corrected chi connectivity index (χ0v) is 9.38. The molecule has 1 aromatic carbocycles. The van der Waals surface area contributed by atoms with Gasteiger partial charge in [-0.15, -0.1) is 0 Å². The molecule has 2 nitrogen and oxygen atoms in total. The molecule has 0 spiro atoms. The topological polar surface area (TPSA) is 35.2 Å². The molecule has 1 aromatic heterocycles. The second-order valence-electron chi connectivity index (χ2n) is 3.45. The highest BCUT2D eigenvalue weighted by molar-refractivity contribution is 7.07. The fourth-order valence-corrected chi connectivity index (χ4v) is 2.02. The quantitative estimate of drug-likeness (QED) is 0.804. The van der Waals surface area contributed by atoms with E-state index in [4.69, 9.17) is 10.5 Å². The Morgan fingerprint density at radius 1 is 1.33 bits per heavy atom. The van der Waals surface area contributed by atoms with Crippen molar-refractivity contribution in [1.29, 1.82) is 0 Å². The normalized spacial score (nSPS) is 10.2. The molecule has 0 bridgehead atoms. The molecule has 15 heavy (non-hydrogen) atoms. The Morgan fingerprint density at radius 3 is 2.87 bits per heavy atom. The summed E-state index contributed by atoms with van der Waals surface area (Å²) < 4.78 is 5.69. The molecule has 0 amide bonds. The van der Waals surface area contributed by atoms with Gasteiger partial charge in [0.15, 0.2) is 0 Å². The van der Waals surface area contributed by atoms with Crippen molar-refractivity contribution in [1.82, 2.24) is 0 Å². The average molecular weight is 219 g/mol. The Labute approximate surface area is 93.3 Å². The molecule has 0 saturated heterocycles. The second-order valence-corrected chi connectivity index (χ2v) is 4.23. The number of rotatable bonds is 3. The van der Waals surface area contributed by atoms with Crippen molar-refractivity contribution in [2.45, 2.75) is 13.5 Å². The van der Waals surface area contributed by atoms with Crippen molar-refractivity contribution in [3.63, 3.8) is 0 Å². The lowest BCUT2D eigenvalue weighted by Crippen LogP contribution is -1.96. The third-order valence-electron chi connectivity index (χ3n) is 2.17. The fraction of sp³-hybridized carbons (Fsp3) is 0.167. The Kier molecular flexibility index (Phi) is 2.92. The summed E-state index contributed by atoms with van der Waals surface area (Å²) >= 11 is 1.68. The van der Waals surface area contributed by atoms with E-state index in [1.807, 2.05) is 25.1 Å². The molecule has 2 aromatic rings. The Morgan fingerprint density at radius 2 is 2.20 bits per heavy atom. The van der Waals surface area contributed by atoms with Crippen LogP contribution in [-0.4, -0.2) is 0 Å². The first-order valence-corrected chi connectivity index (χ1v) is 5.70. The van der Waals surface area contributed by atoms with Crippen LogP contribution in [0.3, 0.4) is 0 Å². The summed E-state index contributed by atoms with van der Waals surface area (Å²) in [6.45, 7) is 2.62. The predicted molar refractivity (Wildman–Crippen MR) is 64.2 cm³/mol. The van der Waals surface area contributed by atoms with Gasteiger partial charge in [-0.1, -0.05) is 0 Å². The number of aryl methyl sites for hydroxylation is 1. The number of hydrogen-bond donors (Lipinski definition) is 1. The third-order valence-corrected chi connectivity index (χ3v) is 2.91. The zero-order chi connectivity index (χ0) is 10.7. The van der Waals surface area contributed by atoms with E-state index >= 15 is 0 Å². The number of benzene rings is 1. The van der Waals surface area contributed by atoms with Crippen molar-refractivity contribution >= 4 is 17.0 Å². The fourth-order valence-electron chi connectivity index (χ4n) is 1.37. The van der Waals surface area contributed by atoms with Gasteiger partial charge in [-0.2, -0.15) is 11.3 Å². The molecule has 0 fully saturated rings. The summed E-state index contributed by atoms with van der Waals surface area (Å²) in [7, 11) is 0. The summed E-state index contributed by atoms with van der Waals surface area (Å²) in [5.74, 6) is 0.899. The van der Waals surface area contributed by atoms with Gasteiger partial charge in [-0.3, -0.25) is 0 Å². The van der Waals surface area contributed by atoms with Crippen LogP contribution in [0.25, 0.3) is 0 Å². The van der Waals surface area contributed by atoms with Gasteiger partial charge in [-0.25, -0.2) is 0 Å². The minimum atomic E-state index is 0.619. The van der Waals surface area contributed by atoms with Gasteiger partial charge in [0.25, 0.3) is 0 Å². The lowest BCUT2D eigenvalue weighted by atomic mass is 10.2. The zero-order valence-electron chi connectivity index (χ0n) is 8.57. The van der Waals surface area contributed by atoms with E-state index in [1.165, 1.54) is 5.56 Å². The maximum absolute atomic E-state index is 5.69. The van der Waals surface area contributed by atoms with Crippen LogP contribution in [0, 0.1) is 6.92 Å². The monoisotopic (exact) mass is 219 g/mol. The molecule has 0 saturated carbocycles. The average Bonchev–Trinajstić information content (AvgIpc) is 2.69. The van der Waals surface area contributed by atoms with Crippen molar-refractivity contribution in [2.75, 3.05) is 5.73 Å². The maximum Gasteiger partial charge on any atom is 0.122 e. The van der Waals surface area contributed by atoms with E-state index in [-0.39, 0.29) is 0 Å². The first-order chi connectivity index (χ1) is 7.25. The SMILES string of the molecule is Cc1cc(N)ccc1OCc1ccsc1. The van der Waals surface area contributed by atoms with Crippen LogP contribution in [0.15, 0.2) is 35.0 Å². The van der Waals surface area contributed by atoms with Crippen LogP contribution in [0.1, 0.15) is 11.1 Å². The molecule has 0 aliphatic rings. The van der Waals surface area contributed by atoms with Crippen LogP contribution in [-0.2, 0) is 6.61 Å². The molecule has 0 aliphatic carbocycles. The third kappa shape index (κ3) is 2.50. The largest absolute Gasteiger partial charge is 0.489 e. The van der Waals surface area contributed by atoms with Gasteiger partial charge in [0, 0.05) is 5.69 Å². The van der Waals surface area contributed by atoms with Crippen molar-refractivity contribution in [3.05, 3.63) is 46.2 Å². The maximum atomic E-state index is 5.69. The lowest BCUT2D eigenvalue weighted by molar-refractivity contribution is 0.304. The number of ether oxygens (including phenoxy) is 1. The second kappa shape index (κ2) is 4.36. The molecular weight excluding hydrogens is 206 g/mol. The summed E-state index contributed by atoms with van der Waals surface area (Å²) in [5, 5.41) is 4.14. The van der Waals surface area contributed by atoms with E-state index in [9.17, 15) is 0 Å². The molecular formula is C12H13NOS. The van der Waals surface area contributed by atoms with Crippen molar-refractivity contribution < 1.29 is 4.74 Å². The van der Waals surface area contributed by atoms with E-state index in [0.717, 1.165) is 17.0 Å². The highest BCUT2D eigenvalue weighted by atomic mass is 32.1. The first-order valence-electron chi connectivity index (χ1n) is 4.76. The van der Waals surface area contributed by atoms with E-state index in [1.54, 1.807) is 11.3 Å². The summed E-state index contributed by atoms with van der Waals surface area (Å²) in [5.41, 5.74) is 8.72. The van der Waals surface area contributed by atoms with E-state index in [2.05, 4.69) is 16.8 Å². The smallest absolute Gasteiger partial charge is 0.122 e. The molecule has 2 rings (SSSR count). The number of thiophene rings is 1. The van der Waals surface area contributed by atoms with Gasteiger partial charge in [0.2, 0.25) is 0 Å². The minimum absolute atomic E-state index is 0.619. The van der Waals surface area contributed by atoms with Gasteiger partial charge in [0.1, 0.15) is 12.4 Å². The van der Waals surface area contributed by atoms with Crippen molar-refractivity contribution in [3.8, 4) is 5.75 Å². The molecule has 0 aliphatic heterocycles. The van der Waals surface area contributed by atoms with Crippen molar-refractivity contribution in [2.24, 2.45) is 0 Å². The standard InChI is InChI=1S/C12H13NOS/c1-9-6-11(13)2-3-12(9)14-7-10-4-5-15-8-10/h2-6,8H,7,13H2,1H3. The van der Waals surface area contributed by atoms with Gasteiger partial charge in [0.05, 0.1) is 0 Å². The van der Waals surface area contributed by atoms with E-state index < -0.39 is 0 Å². The molecule has 0 atom stereocenters. The summed E-state index contributed by atoms with van der Waals surface area (Å²) in [4.78, 5) is 0. The first kappa shape index (κ1) is 10.1. The highest BCUT2D eigenvalue weighted by Gasteiger charge is 2.00. The molecule has 0 unspecified atom stereocenters. The number of hydrogen-bond acceptors (Lipinski definition) is 3. The van der Waals surface area contributed by atoms with Gasteiger partial charge >= 0.3 is 0 Å². The number of nitrogen functional groups attached to an aromatic ring is 1. The van der Waals surface area contributed by atoms with E-state index in [0.29, 0.717) is 6.61 Å². The Balaban J connectivity index is 2.05. The van der Waals surface area contributed by atoms with Crippen LogP contribution >= 0.6 is 11.3 Å². The summed E-state index contributed by atoms with van der Waals surface area (Å²) in [6, 6.07) is 7.76. The summed E-state index contributed by atoms with van der Waals surface area (Å²) in [6.07, 6.45) is 0. The van der Waals surface area contributed by atoms with Crippen LogP contribution in [0.4, 0.5) is 5.69 Å². The Hall–Kier alpha value is -1.48. The van der Waals surface area contributed by atoms with Gasteiger partial charge in [-0.05, 0) is 53.1 Å². The molecule has 0 radical (unpaired) electrons. The molecule has 1 heterocycles.